The molecule has 4 heteroatoms. The van der Waals surface area contributed by atoms with Crippen LogP contribution in [0.5, 0.6) is 0 Å². The summed E-state index contributed by atoms with van der Waals surface area (Å²) in [5.74, 6) is 0. The summed E-state index contributed by atoms with van der Waals surface area (Å²) in [6.07, 6.45) is 0. The molecule has 4 aromatic heterocycles. The molecule has 0 fully saturated rings. The topological polar surface area (TPSA) is 19.7 Å². The Kier molecular flexibility index (Phi) is 14.2. The molecule has 0 atom stereocenters. The number of hydrogen-bond acceptors (Lipinski definition) is 0. The fraction of sp³-hybridized carbons (Fsp3) is 0. The van der Waals surface area contributed by atoms with Gasteiger partial charge in [-0.25, -0.2) is 0 Å². The smallest absolute Gasteiger partial charge is 0.0547 e. The monoisotopic (exact) mass is 1350 g/mol. The Labute approximate surface area is 612 Å². The summed E-state index contributed by atoms with van der Waals surface area (Å²) in [5, 5.41) is 17.7. The van der Waals surface area contributed by atoms with Gasteiger partial charge in [0.25, 0.3) is 0 Å². The molecule has 22 aromatic rings. The molecule has 22 rings (SSSR count). The van der Waals surface area contributed by atoms with Gasteiger partial charge >= 0.3 is 0 Å². The maximum absolute atomic E-state index is 2.46. The Morgan fingerprint density at radius 2 is 0.415 bits per heavy atom. The summed E-state index contributed by atoms with van der Waals surface area (Å²) in [6, 6.07) is 146. The Morgan fingerprint density at radius 1 is 0.123 bits per heavy atom. The van der Waals surface area contributed by atoms with Gasteiger partial charge in [-0.15, -0.1) is 0 Å². The zero-order valence-corrected chi connectivity index (χ0v) is 57.9. The molecule has 0 unspecified atom stereocenters. The third-order valence-corrected chi connectivity index (χ3v) is 22.0. The molecule has 0 spiro atoms. The van der Waals surface area contributed by atoms with Crippen LogP contribution in [0, 0.1) is 0 Å². The molecule has 18 aromatic carbocycles. The SMILES string of the molecule is c1ccc(-c2cccc(-n3c4ccccc4c4cc(-c5cccc6c5c5ccccc5n6-c5ccc6c7ccccc7c7ccccc7c6c5)ccc43)c2)cc1.c1ccc(-c2cccc(-n3c4ccccc4c4ccc(-c5ccc6c7ccccc7n(-c7cccc(-c8ccccc8)c7)c6c5)cc43)c2)cc1. The van der Waals surface area contributed by atoms with Crippen LogP contribution in [-0.2, 0) is 0 Å². The predicted octanol–water partition coefficient (Wildman–Crippen LogP) is 27.6. The Bertz CT molecular complexity index is 7020. The molecule has 0 aliphatic rings. The van der Waals surface area contributed by atoms with Crippen molar-refractivity contribution in [1.29, 1.82) is 0 Å². The lowest BCUT2D eigenvalue weighted by Gasteiger charge is -2.14. The molecule has 0 aliphatic carbocycles. The number of benzene rings is 18. The highest BCUT2D eigenvalue weighted by Gasteiger charge is 2.22. The van der Waals surface area contributed by atoms with Crippen molar-refractivity contribution in [2.24, 2.45) is 0 Å². The van der Waals surface area contributed by atoms with E-state index in [1.165, 1.54) is 175 Å². The van der Waals surface area contributed by atoms with Crippen LogP contribution < -0.4 is 0 Å². The summed E-state index contributed by atoms with van der Waals surface area (Å²) in [7, 11) is 0. The van der Waals surface area contributed by atoms with E-state index in [-0.39, 0.29) is 0 Å². The van der Waals surface area contributed by atoms with Crippen LogP contribution in [0.3, 0.4) is 0 Å². The summed E-state index contributed by atoms with van der Waals surface area (Å²) >= 11 is 0. The van der Waals surface area contributed by atoms with E-state index in [1.54, 1.807) is 0 Å². The number of hydrogen-bond donors (Lipinski definition) is 0. The first-order valence-corrected chi connectivity index (χ1v) is 36.5. The molecular formula is C102H66N4. The lowest BCUT2D eigenvalue weighted by molar-refractivity contribution is 1.18. The van der Waals surface area contributed by atoms with Crippen molar-refractivity contribution in [3.63, 3.8) is 0 Å². The van der Waals surface area contributed by atoms with Gasteiger partial charge in [-0.05, 0) is 191 Å². The van der Waals surface area contributed by atoms with Crippen LogP contribution in [0.2, 0.25) is 0 Å². The fourth-order valence-electron chi connectivity index (χ4n) is 17.2. The summed E-state index contributed by atoms with van der Waals surface area (Å²) in [4.78, 5) is 0. The van der Waals surface area contributed by atoms with Gasteiger partial charge in [-0.1, -0.05) is 297 Å². The van der Waals surface area contributed by atoms with Crippen molar-refractivity contribution in [3.8, 4) is 78.4 Å². The minimum Gasteiger partial charge on any atom is -0.309 e. The lowest BCUT2D eigenvalue weighted by Crippen LogP contribution is -1.95. The van der Waals surface area contributed by atoms with E-state index in [9.17, 15) is 0 Å². The highest BCUT2D eigenvalue weighted by Crippen LogP contribution is 2.45. The molecule has 0 N–H and O–H groups in total. The number of aromatic nitrogens is 4. The first-order valence-electron chi connectivity index (χ1n) is 36.5. The van der Waals surface area contributed by atoms with Gasteiger partial charge in [0.15, 0.2) is 0 Å². The number of fused-ring (bicyclic) bond motifs is 18. The van der Waals surface area contributed by atoms with Gasteiger partial charge in [0.05, 0.1) is 44.1 Å². The molecule has 0 radical (unpaired) electrons. The molecule has 0 bridgehead atoms. The zero-order valence-electron chi connectivity index (χ0n) is 57.9. The summed E-state index contributed by atoms with van der Waals surface area (Å²) in [5.41, 5.74) is 26.4. The number of para-hydroxylation sites is 4. The Balaban J connectivity index is 0.000000137. The van der Waals surface area contributed by atoms with Gasteiger partial charge in [0.1, 0.15) is 0 Å². The maximum Gasteiger partial charge on any atom is 0.0547 e. The van der Waals surface area contributed by atoms with Gasteiger partial charge < -0.3 is 18.3 Å². The number of nitrogens with zero attached hydrogens (tertiary/aromatic N) is 4. The molecule has 0 amide bonds. The van der Waals surface area contributed by atoms with E-state index in [2.05, 4.69) is 419 Å². The first-order chi connectivity index (χ1) is 52.6. The van der Waals surface area contributed by atoms with Crippen molar-refractivity contribution in [1.82, 2.24) is 18.3 Å². The molecule has 494 valence electrons. The Hall–Kier alpha value is -14.1. The molecular weight excluding hydrogens is 1280 g/mol. The van der Waals surface area contributed by atoms with E-state index >= 15 is 0 Å². The van der Waals surface area contributed by atoms with Crippen LogP contribution in [0.25, 0.3) is 198 Å². The minimum absolute atomic E-state index is 1.16. The van der Waals surface area contributed by atoms with Crippen molar-refractivity contribution < 1.29 is 0 Å². The number of rotatable bonds is 9. The van der Waals surface area contributed by atoms with Gasteiger partial charge in [0, 0.05) is 65.8 Å². The van der Waals surface area contributed by atoms with Crippen molar-refractivity contribution in [2.75, 3.05) is 0 Å². The molecule has 4 heterocycles. The van der Waals surface area contributed by atoms with Crippen LogP contribution in [0.15, 0.2) is 400 Å². The van der Waals surface area contributed by atoms with E-state index in [0.29, 0.717) is 0 Å². The van der Waals surface area contributed by atoms with Crippen molar-refractivity contribution in [3.05, 3.63) is 400 Å². The van der Waals surface area contributed by atoms with Crippen LogP contribution in [0.1, 0.15) is 0 Å². The minimum atomic E-state index is 1.16. The zero-order chi connectivity index (χ0) is 69.8. The van der Waals surface area contributed by atoms with E-state index < -0.39 is 0 Å². The highest BCUT2D eigenvalue weighted by atomic mass is 15.0. The van der Waals surface area contributed by atoms with E-state index in [0.717, 1.165) is 22.7 Å². The maximum atomic E-state index is 2.46. The molecule has 0 saturated carbocycles. The second kappa shape index (κ2) is 24.9. The average molecular weight is 1350 g/mol. The Morgan fingerprint density at radius 3 is 0.887 bits per heavy atom. The van der Waals surface area contributed by atoms with E-state index in [4.69, 9.17) is 0 Å². The summed E-state index contributed by atoms with van der Waals surface area (Å²) < 4.78 is 9.72. The quantitative estimate of drug-likeness (QED) is 0.128. The second-order valence-corrected chi connectivity index (χ2v) is 27.9. The average Bonchev–Trinajstić information content (AvgIpc) is 1.46. The standard InChI is InChI=1S/C54H34N2.C48H32N2/c1-2-14-35(15-3-1)36-16-12-17-38(32-36)55-50-25-10-8-22-46(50)49-33-37(28-31-52(49)55)40-24-13-27-53-54(40)47-23-9-11-26-51(47)56(53)39-29-30-45-43-20-5-4-18-41(43)42-19-6-7-21-44(42)48(45)34-39;1-3-13-33(14-4-1)35-17-11-19-39(29-35)49-45-23-9-7-21-41(45)43-27-25-37(31-47(43)49)38-26-28-44-42-22-8-10-24-46(42)50(48(44)32-38)40-20-12-18-36(30-40)34-15-5-2-6-16-34/h1-34H;1-32H. The largest absolute Gasteiger partial charge is 0.309 e. The first kappa shape index (κ1) is 60.7. The molecule has 0 saturated heterocycles. The third-order valence-electron chi connectivity index (χ3n) is 22.0. The molecule has 0 aliphatic heterocycles. The normalized spacial score (nSPS) is 11.8. The molecule has 4 nitrogen and oxygen atoms in total. The van der Waals surface area contributed by atoms with Gasteiger partial charge in [0.2, 0.25) is 0 Å². The van der Waals surface area contributed by atoms with Crippen LogP contribution in [0.4, 0.5) is 0 Å². The highest BCUT2D eigenvalue weighted by molar-refractivity contribution is 6.26. The fourth-order valence-corrected chi connectivity index (χ4v) is 17.2. The second-order valence-electron chi connectivity index (χ2n) is 27.9. The predicted molar refractivity (Wildman–Crippen MR) is 450 cm³/mol. The third kappa shape index (κ3) is 9.91. The molecule has 106 heavy (non-hydrogen) atoms. The van der Waals surface area contributed by atoms with Gasteiger partial charge in [-0.2, -0.15) is 0 Å². The van der Waals surface area contributed by atoms with E-state index in [1.807, 2.05) is 0 Å². The van der Waals surface area contributed by atoms with Crippen molar-refractivity contribution in [2.45, 2.75) is 0 Å². The summed E-state index contributed by atoms with van der Waals surface area (Å²) in [6.45, 7) is 0. The lowest BCUT2D eigenvalue weighted by atomic mass is 9.94. The van der Waals surface area contributed by atoms with Crippen LogP contribution >= 0.6 is 0 Å². The van der Waals surface area contributed by atoms with Crippen LogP contribution in [-0.4, -0.2) is 18.3 Å². The van der Waals surface area contributed by atoms with Gasteiger partial charge in [-0.3, -0.25) is 0 Å². The van der Waals surface area contributed by atoms with Crippen molar-refractivity contribution >= 4 is 120 Å².